The molecule has 138 valence electrons. The molecule has 0 spiro atoms. The molecule has 2 atom stereocenters. The van der Waals surface area contributed by atoms with Gasteiger partial charge < -0.3 is 10.2 Å². The summed E-state index contributed by atoms with van der Waals surface area (Å²) in [6, 6.07) is 7.51. The number of aryl methyl sites for hydroxylation is 1. The molecule has 1 aromatic carbocycles. The fourth-order valence-electron chi connectivity index (χ4n) is 3.45. The molecule has 3 rings (SSSR count). The van der Waals surface area contributed by atoms with Crippen molar-refractivity contribution >= 4 is 11.8 Å². The first kappa shape index (κ1) is 18.1. The van der Waals surface area contributed by atoms with Gasteiger partial charge in [-0.15, -0.1) is 0 Å². The Morgan fingerprint density at radius 1 is 1.35 bits per heavy atom. The van der Waals surface area contributed by atoms with E-state index in [9.17, 15) is 14.0 Å². The van der Waals surface area contributed by atoms with Gasteiger partial charge >= 0.3 is 0 Å². The summed E-state index contributed by atoms with van der Waals surface area (Å²) in [5, 5.41) is 7.10. The number of aromatic nitrogens is 2. The standard InChI is InChI=1S/C19H23FN4O2/c1-23-17(25)9-8-16(18(23)14-4-6-15(20)7-5-14)19(26)21-10-2-12-24-13-3-11-22-24/h3-7,11,13,16,18H,2,8-10,12H2,1H3,(H,21,26)/t16-,18-/m1/s1. The summed E-state index contributed by atoms with van der Waals surface area (Å²) in [6.07, 6.45) is 5.22. The zero-order valence-corrected chi connectivity index (χ0v) is 14.8. The average molecular weight is 358 g/mol. The molecule has 1 fully saturated rings. The van der Waals surface area contributed by atoms with E-state index in [2.05, 4.69) is 10.4 Å². The highest BCUT2D eigenvalue weighted by Gasteiger charge is 2.38. The Hall–Kier alpha value is -2.70. The SMILES string of the molecule is CN1C(=O)CC[C@@H](C(=O)NCCCn2cccn2)[C@H]1c1ccc(F)cc1. The van der Waals surface area contributed by atoms with Gasteiger partial charge in [0.15, 0.2) is 0 Å². The Morgan fingerprint density at radius 3 is 2.81 bits per heavy atom. The number of likely N-dealkylation sites (tertiary alicyclic amines) is 1. The van der Waals surface area contributed by atoms with Gasteiger partial charge in [-0.3, -0.25) is 14.3 Å². The second-order valence-electron chi connectivity index (χ2n) is 6.56. The number of nitrogens with one attached hydrogen (secondary N) is 1. The number of rotatable bonds is 6. The van der Waals surface area contributed by atoms with Crippen LogP contribution in [0.4, 0.5) is 4.39 Å². The third kappa shape index (κ3) is 4.09. The van der Waals surface area contributed by atoms with Gasteiger partial charge in [0.25, 0.3) is 0 Å². The van der Waals surface area contributed by atoms with Crippen LogP contribution in [0.5, 0.6) is 0 Å². The van der Waals surface area contributed by atoms with E-state index in [0.29, 0.717) is 19.4 Å². The highest BCUT2D eigenvalue weighted by atomic mass is 19.1. The number of halogens is 1. The molecule has 1 saturated heterocycles. The molecule has 1 aromatic heterocycles. The molecule has 0 unspecified atom stereocenters. The first-order chi connectivity index (χ1) is 12.6. The van der Waals surface area contributed by atoms with E-state index in [1.807, 2.05) is 16.9 Å². The molecule has 1 aliphatic rings. The lowest BCUT2D eigenvalue weighted by atomic mass is 9.84. The number of piperidine rings is 1. The van der Waals surface area contributed by atoms with Gasteiger partial charge in [-0.2, -0.15) is 5.10 Å². The van der Waals surface area contributed by atoms with Gasteiger partial charge in [-0.1, -0.05) is 12.1 Å². The third-order valence-electron chi connectivity index (χ3n) is 4.83. The zero-order chi connectivity index (χ0) is 18.5. The maximum Gasteiger partial charge on any atom is 0.225 e. The van der Waals surface area contributed by atoms with Crippen molar-refractivity contribution < 1.29 is 14.0 Å². The van der Waals surface area contributed by atoms with Crippen molar-refractivity contribution in [1.29, 1.82) is 0 Å². The van der Waals surface area contributed by atoms with Crippen molar-refractivity contribution in [3.8, 4) is 0 Å². The van der Waals surface area contributed by atoms with Crippen LogP contribution in [-0.2, 0) is 16.1 Å². The molecule has 0 radical (unpaired) electrons. The van der Waals surface area contributed by atoms with Crippen LogP contribution in [0.2, 0.25) is 0 Å². The van der Waals surface area contributed by atoms with Crippen molar-refractivity contribution in [2.24, 2.45) is 5.92 Å². The van der Waals surface area contributed by atoms with E-state index in [1.165, 1.54) is 12.1 Å². The molecule has 0 bridgehead atoms. The van der Waals surface area contributed by atoms with Crippen LogP contribution in [0.1, 0.15) is 30.9 Å². The second kappa shape index (κ2) is 8.12. The van der Waals surface area contributed by atoms with Crippen LogP contribution in [0.15, 0.2) is 42.7 Å². The summed E-state index contributed by atoms with van der Waals surface area (Å²) < 4.78 is 15.1. The predicted octanol–water partition coefficient (Wildman–Crippen LogP) is 2.14. The molecule has 1 aliphatic heterocycles. The van der Waals surface area contributed by atoms with Gasteiger partial charge in [0, 0.05) is 39.0 Å². The summed E-state index contributed by atoms with van der Waals surface area (Å²) in [7, 11) is 1.70. The quantitative estimate of drug-likeness (QED) is 0.805. The molecule has 2 aromatic rings. The third-order valence-corrected chi connectivity index (χ3v) is 4.83. The van der Waals surface area contributed by atoms with Gasteiger partial charge in [0.05, 0.1) is 12.0 Å². The molecule has 0 saturated carbocycles. The topological polar surface area (TPSA) is 67.2 Å². The number of carbonyl (C=O) groups excluding carboxylic acids is 2. The maximum atomic E-state index is 13.2. The predicted molar refractivity (Wildman–Crippen MR) is 94.5 cm³/mol. The molecule has 6 nitrogen and oxygen atoms in total. The molecular formula is C19H23FN4O2. The van der Waals surface area contributed by atoms with Crippen molar-refractivity contribution in [2.75, 3.05) is 13.6 Å². The minimum Gasteiger partial charge on any atom is -0.356 e. The first-order valence-electron chi connectivity index (χ1n) is 8.82. The van der Waals surface area contributed by atoms with Gasteiger partial charge in [-0.05, 0) is 36.6 Å². The van der Waals surface area contributed by atoms with Gasteiger partial charge in [-0.25, -0.2) is 4.39 Å². The largest absolute Gasteiger partial charge is 0.356 e. The van der Waals surface area contributed by atoms with E-state index in [1.54, 1.807) is 30.3 Å². The highest BCUT2D eigenvalue weighted by molar-refractivity contribution is 5.84. The van der Waals surface area contributed by atoms with Crippen LogP contribution >= 0.6 is 0 Å². The van der Waals surface area contributed by atoms with Crippen molar-refractivity contribution in [1.82, 2.24) is 20.0 Å². The molecule has 7 heteroatoms. The smallest absolute Gasteiger partial charge is 0.225 e. The summed E-state index contributed by atoms with van der Waals surface area (Å²) >= 11 is 0. The van der Waals surface area contributed by atoms with Crippen LogP contribution in [0.3, 0.4) is 0 Å². The summed E-state index contributed by atoms with van der Waals surface area (Å²) in [5.41, 5.74) is 0.777. The number of benzene rings is 1. The van der Waals surface area contributed by atoms with E-state index in [4.69, 9.17) is 0 Å². The Balaban J connectivity index is 1.63. The van der Waals surface area contributed by atoms with Crippen LogP contribution < -0.4 is 5.32 Å². The minimum absolute atomic E-state index is 0.00190. The molecule has 2 amide bonds. The number of hydrogen-bond donors (Lipinski definition) is 1. The van der Waals surface area contributed by atoms with Crippen LogP contribution in [-0.4, -0.2) is 40.1 Å². The summed E-state index contributed by atoms with van der Waals surface area (Å²) in [5.74, 6) is -0.743. The average Bonchev–Trinajstić information content (AvgIpc) is 3.15. The number of hydrogen-bond acceptors (Lipinski definition) is 3. The Labute approximate surface area is 152 Å². The summed E-state index contributed by atoms with van der Waals surface area (Å²) in [4.78, 5) is 26.4. The van der Waals surface area contributed by atoms with E-state index >= 15 is 0 Å². The van der Waals surface area contributed by atoms with Crippen molar-refractivity contribution in [3.63, 3.8) is 0 Å². The van der Waals surface area contributed by atoms with E-state index in [0.717, 1.165) is 18.5 Å². The Bertz CT molecular complexity index is 745. The fraction of sp³-hybridized carbons (Fsp3) is 0.421. The second-order valence-corrected chi connectivity index (χ2v) is 6.56. The number of nitrogens with zero attached hydrogens (tertiary/aromatic N) is 3. The van der Waals surface area contributed by atoms with Gasteiger partial charge in [0.1, 0.15) is 5.82 Å². The Morgan fingerprint density at radius 2 is 2.12 bits per heavy atom. The molecule has 0 aliphatic carbocycles. The zero-order valence-electron chi connectivity index (χ0n) is 14.8. The van der Waals surface area contributed by atoms with Crippen LogP contribution in [0.25, 0.3) is 0 Å². The lowest BCUT2D eigenvalue weighted by Gasteiger charge is -2.38. The molecule has 1 N–H and O–H groups in total. The van der Waals surface area contributed by atoms with Crippen molar-refractivity contribution in [2.45, 2.75) is 31.8 Å². The van der Waals surface area contributed by atoms with E-state index in [-0.39, 0.29) is 29.6 Å². The monoisotopic (exact) mass is 358 g/mol. The Kier molecular flexibility index (Phi) is 5.65. The molecule has 2 heterocycles. The van der Waals surface area contributed by atoms with Gasteiger partial charge in [0.2, 0.25) is 11.8 Å². The fourth-order valence-corrected chi connectivity index (χ4v) is 3.45. The van der Waals surface area contributed by atoms with E-state index < -0.39 is 0 Å². The minimum atomic E-state index is -0.372. The molecule has 26 heavy (non-hydrogen) atoms. The lowest BCUT2D eigenvalue weighted by molar-refractivity contribution is -0.141. The number of carbonyl (C=O) groups is 2. The lowest BCUT2D eigenvalue weighted by Crippen LogP contribution is -2.46. The first-order valence-corrected chi connectivity index (χ1v) is 8.82. The van der Waals surface area contributed by atoms with Crippen molar-refractivity contribution in [3.05, 3.63) is 54.1 Å². The maximum absolute atomic E-state index is 13.2. The summed E-state index contributed by atoms with van der Waals surface area (Å²) in [6.45, 7) is 1.28. The normalized spacial score (nSPS) is 20.2. The molecular weight excluding hydrogens is 335 g/mol. The highest BCUT2D eigenvalue weighted by Crippen LogP contribution is 2.35. The van der Waals surface area contributed by atoms with Crippen LogP contribution in [0, 0.1) is 11.7 Å². The number of amides is 2.